The summed E-state index contributed by atoms with van der Waals surface area (Å²) in [7, 11) is 1.84. The molecule has 5 nitrogen and oxygen atoms in total. The van der Waals surface area contributed by atoms with E-state index in [1.165, 1.54) is 24.8 Å². The van der Waals surface area contributed by atoms with Gasteiger partial charge in [-0.1, -0.05) is 48.9 Å². The zero-order valence-corrected chi connectivity index (χ0v) is 18.6. The van der Waals surface area contributed by atoms with Crippen LogP contribution in [0.15, 0.2) is 65.3 Å². The molecule has 2 aromatic rings. The third kappa shape index (κ3) is 4.77. The maximum absolute atomic E-state index is 11.3. The Morgan fingerprint density at radius 1 is 1.06 bits per heavy atom. The van der Waals surface area contributed by atoms with Gasteiger partial charge in [-0.3, -0.25) is 0 Å². The van der Waals surface area contributed by atoms with E-state index in [-0.39, 0.29) is 11.8 Å². The number of aliphatic hydroxyl groups excluding tert-OH is 1. The minimum absolute atomic E-state index is 0.0198. The smallest absolute Gasteiger partial charge is 0.130 e. The number of nitrogens with zero attached hydrogens (tertiary/aromatic N) is 2. The van der Waals surface area contributed by atoms with Crippen molar-refractivity contribution in [2.75, 3.05) is 33.3 Å². The molecule has 1 saturated heterocycles. The van der Waals surface area contributed by atoms with Crippen LogP contribution >= 0.6 is 0 Å². The lowest BCUT2D eigenvalue weighted by Crippen LogP contribution is -2.40. The van der Waals surface area contributed by atoms with Gasteiger partial charge in [-0.15, -0.1) is 0 Å². The third-order valence-electron chi connectivity index (χ3n) is 6.49. The lowest BCUT2D eigenvalue weighted by molar-refractivity contribution is 0.204. The quantitative estimate of drug-likeness (QED) is 0.499. The average molecular weight is 420 g/mol. The van der Waals surface area contributed by atoms with Gasteiger partial charge in [0, 0.05) is 36.7 Å². The van der Waals surface area contributed by atoms with E-state index in [2.05, 4.69) is 46.6 Å². The molecule has 0 amide bonds. The first-order valence-electron chi connectivity index (χ1n) is 11.3. The molecule has 0 saturated carbocycles. The zero-order valence-electron chi connectivity index (χ0n) is 18.6. The highest BCUT2D eigenvalue weighted by Crippen LogP contribution is 2.41. The first-order valence-corrected chi connectivity index (χ1v) is 11.3. The fourth-order valence-corrected chi connectivity index (χ4v) is 4.92. The summed E-state index contributed by atoms with van der Waals surface area (Å²) in [6.45, 7) is 5.63. The summed E-state index contributed by atoms with van der Waals surface area (Å²) in [5.41, 5.74) is 6.90. The molecule has 31 heavy (non-hydrogen) atoms. The Hall–Kier alpha value is -2.79. The maximum Gasteiger partial charge on any atom is 0.130 e. The predicted octanol–water partition coefficient (Wildman–Crippen LogP) is 4.83. The lowest BCUT2D eigenvalue weighted by atomic mass is 9.76. The van der Waals surface area contributed by atoms with Gasteiger partial charge in [-0.25, -0.2) is 0 Å². The molecule has 2 aliphatic heterocycles. The molecule has 0 aliphatic carbocycles. The van der Waals surface area contributed by atoms with Crippen molar-refractivity contribution in [1.82, 2.24) is 10.3 Å². The Morgan fingerprint density at radius 3 is 2.52 bits per heavy atom. The molecule has 2 N–H and O–H groups in total. The van der Waals surface area contributed by atoms with Crippen molar-refractivity contribution in [3.05, 3.63) is 71.3 Å². The molecule has 0 radical (unpaired) electrons. The van der Waals surface area contributed by atoms with Crippen LogP contribution in [-0.4, -0.2) is 49.0 Å². The summed E-state index contributed by atoms with van der Waals surface area (Å²) in [6.07, 6.45) is 3.80. The van der Waals surface area contributed by atoms with Crippen LogP contribution in [0.4, 0.5) is 0 Å². The van der Waals surface area contributed by atoms with Gasteiger partial charge in [-0.2, -0.15) is 5.10 Å². The van der Waals surface area contributed by atoms with Gasteiger partial charge in [0.2, 0.25) is 0 Å². The highest BCUT2D eigenvalue weighted by molar-refractivity contribution is 5.86. The average Bonchev–Trinajstić information content (AvgIpc) is 2.82. The van der Waals surface area contributed by atoms with Crippen molar-refractivity contribution >= 4 is 11.5 Å². The van der Waals surface area contributed by atoms with Gasteiger partial charge >= 0.3 is 0 Å². The summed E-state index contributed by atoms with van der Waals surface area (Å²) in [4.78, 5) is 2.55. The Balaban J connectivity index is 1.80. The first kappa shape index (κ1) is 21.4. The highest BCUT2D eigenvalue weighted by atomic mass is 16.5. The van der Waals surface area contributed by atoms with E-state index in [4.69, 9.17) is 4.74 Å². The number of hydrazone groups is 1. The molecule has 0 spiro atoms. The Morgan fingerprint density at radius 2 is 1.77 bits per heavy atom. The van der Waals surface area contributed by atoms with E-state index in [1.54, 1.807) is 0 Å². The molecule has 2 atom stereocenters. The Bertz CT molecular complexity index is 933. The zero-order chi connectivity index (χ0) is 21.6. The number of aliphatic hydroxyl groups is 1. The Labute approximate surface area is 185 Å². The van der Waals surface area contributed by atoms with Crippen LogP contribution in [-0.2, 0) is 0 Å². The third-order valence-corrected chi connectivity index (χ3v) is 6.49. The largest absolute Gasteiger partial charge is 0.507 e. The van der Waals surface area contributed by atoms with Gasteiger partial charge in [0.25, 0.3) is 0 Å². The number of rotatable bonds is 7. The van der Waals surface area contributed by atoms with Crippen molar-refractivity contribution in [3.8, 4) is 5.75 Å². The van der Waals surface area contributed by atoms with Crippen LogP contribution in [0.2, 0.25) is 0 Å². The Kier molecular flexibility index (Phi) is 6.92. The van der Waals surface area contributed by atoms with Crippen molar-refractivity contribution in [2.45, 2.75) is 32.1 Å². The maximum atomic E-state index is 11.3. The van der Waals surface area contributed by atoms with E-state index in [9.17, 15) is 5.11 Å². The summed E-state index contributed by atoms with van der Waals surface area (Å²) < 4.78 is 6.10. The van der Waals surface area contributed by atoms with E-state index < -0.39 is 0 Å². The number of likely N-dealkylation sites (tertiary alicyclic amines) is 1. The van der Waals surface area contributed by atoms with Gasteiger partial charge in [-0.05, 0) is 50.6 Å². The standard InChI is InChI=1S/C26H33N3O2/c1-19(28-27-2)22(17-29-15-9-4-10-16-29)25(20-11-5-3-6-12-20)23-18-31-24-14-8-7-13-21(24)26(23)30/h3,5-8,11-14,22,25,27,30H,4,9-10,15-18H2,1-2H3/b28-19-. The molecular weight excluding hydrogens is 386 g/mol. The number of piperidine rings is 1. The monoisotopic (exact) mass is 419 g/mol. The van der Waals surface area contributed by atoms with Crippen LogP contribution in [0.25, 0.3) is 5.76 Å². The van der Waals surface area contributed by atoms with Crippen LogP contribution in [0, 0.1) is 5.92 Å². The van der Waals surface area contributed by atoms with Crippen molar-refractivity contribution < 1.29 is 9.84 Å². The fraction of sp³-hybridized carbons (Fsp3) is 0.423. The van der Waals surface area contributed by atoms with Gasteiger partial charge in [0.05, 0.1) is 5.56 Å². The van der Waals surface area contributed by atoms with Crippen molar-refractivity contribution in [2.24, 2.45) is 11.0 Å². The van der Waals surface area contributed by atoms with E-state index in [1.807, 2.05) is 37.4 Å². The number of benzene rings is 2. The molecule has 5 heteroatoms. The van der Waals surface area contributed by atoms with Crippen molar-refractivity contribution in [1.29, 1.82) is 0 Å². The molecule has 2 unspecified atom stereocenters. The van der Waals surface area contributed by atoms with Crippen LogP contribution in [0.3, 0.4) is 0 Å². The summed E-state index contributed by atoms with van der Waals surface area (Å²) in [5.74, 6) is 1.19. The van der Waals surface area contributed by atoms with Crippen LogP contribution < -0.4 is 10.2 Å². The molecule has 0 aromatic heterocycles. The van der Waals surface area contributed by atoms with Gasteiger partial charge < -0.3 is 20.2 Å². The molecule has 2 aromatic carbocycles. The lowest BCUT2D eigenvalue weighted by Gasteiger charge is -2.37. The molecule has 2 aliphatic rings. The normalized spacial score (nSPS) is 19.4. The number of hydrogen-bond acceptors (Lipinski definition) is 5. The van der Waals surface area contributed by atoms with E-state index in [0.29, 0.717) is 12.4 Å². The second-order valence-corrected chi connectivity index (χ2v) is 8.49. The minimum atomic E-state index is -0.0198. The number of hydrogen-bond donors (Lipinski definition) is 2. The SMILES string of the molecule is CN/N=C(/C)C(CN1CCCCC1)C(C1=C(O)c2ccccc2OC1)c1ccccc1. The molecule has 4 rings (SSSR count). The molecule has 164 valence electrons. The second kappa shape index (κ2) is 10.0. The number of para-hydroxylation sites is 1. The van der Waals surface area contributed by atoms with Gasteiger partial charge in [0.15, 0.2) is 0 Å². The molecule has 1 fully saturated rings. The summed E-state index contributed by atoms with van der Waals surface area (Å²) in [6, 6.07) is 18.2. The van der Waals surface area contributed by atoms with E-state index >= 15 is 0 Å². The first-order chi connectivity index (χ1) is 15.2. The van der Waals surface area contributed by atoms with E-state index in [0.717, 1.165) is 42.2 Å². The number of nitrogens with one attached hydrogen (secondary N) is 1. The molecule has 0 bridgehead atoms. The van der Waals surface area contributed by atoms with Crippen LogP contribution in [0.1, 0.15) is 43.2 Å². The van der Waals surface area contributed by atoms with Crippen molar-refractivity contribution in [3.63, 3.8) is 0 Å². The van der Waals surface area contributed by atoms with Gasteiger partial charge in [0.1, 0.15) is 18.1 Å². The summed E-state index contributed by atoms with van der Waals surface area (Å²) >= 11 is 0. The van der Waals surface area contributed by atoms with Crippen LogP contribution in [0.5, 0.6) is 5.75 Å². The topological polar surface area (TPSA) is 57.1 Å². The highest BCUT2D eigenvalue weighted by Gasteiger charge is 2.35. The number of fused-ring (bicyclic) bond motifs is 1. The molecular formula is C26H33N3O2. The summed E-state index contributed by atoms with van der Waals surface area (Å²) in [5, 5.41) is 15.9. The molecule has 2 heterocycles. The fourth-order valence-electron chi connectivity index (χ4n) is 4.92. The second-order valence-electron chi connectivity index (χ2n) is 8.49. The predicted molar refractivity (Wildman–Crippen MR) is 127 cm³/mol. The minimum Gasteiger partial charge on any atom is -0.507 e. The number of ether oxygens (including phenoxy) is 1.